The molecule has 2 saturated heterocycles. The normalized spacial score (nSPS) is 35.3. The molecule has 0 aromatic heterocycles. The van der Waals surface area contributed by atoms with E-state index in [4.69, 9.17) is 5.73 Å². The quantitative estimate of drug-likeness (QED) is 0.497. The summed E-state index contributed by atoms with van der Waals surface area (Å²) < 4.78 is 0. The van der Waals surface area contributed by atoms with Gasteiger partial charge in [-0.25, -0.2) is 4.79 Å². The minimum Gasteiger partial charge on any atom is -0.330 e. The van der Waals surface area contributed by atoms with Crippen molar-refractivity contribution in [1.82, 2.24) is 10.6 Å². The maximum atomic E-state index is 11.3. The molecule has 0 aromatic rings. The first-order valence-corrected chi connectivity index (χ1v) is 7.05. The van der Waals surface area contributed by atoms with Gasteiger partial charge in [0.25, 0.3) is 0 Å². The van der Waals surface area contributed by atoms with Gasteiger partial charge >= 0.3 is 6.03 Å². The van der Waals surface area contributed by atoms with Crippen molar-refractivity contribution in [3.05, 3.63) is 0 Å². The van der Waals surface area contributed by atoms with Gasteiger partial charge in [0.2, 0.25) is 0 Å². The van der Waals surface area contributed by atoms with Gasteiger partial charge in [0.05, 0.1) is 6.04 Å². The van der Waals surface area contributed by atoms with Crippen LogP contribution in [0.25, 0.3) is 0 Å². The second-order valence-corrected chi connectivity index (χ2v) is 6.14. The summed E-state index contributed by atoms with van der Waals surface area (Å²) in [5.74, 6) is 1.00. The zero-order valence-corrected chi connectivity index (χ0v) is 10.8. The molecule has 2 fully saturated rings. The van der Waals surface area contributed by atoms with Gasteiger partial charge in [0.15, 0.2) is 0 Å². The summed E-state index contributed by atoms with van der Waals surface area (Å²) in [6, 6.07) is -0.135. The van der Waals surface area contributed by atoms with E-state index in [0.29, 0.717) is 11.7 Å². The Kier molecular flexibility index (Phi) is 3.63. The van der Waals surface area contributed by atoms with Crippen LogP contribution in [0, 0.1) is 0 Å². The molecule has 0 saturated carbocycles. The van der Waals surface area contributed by atoms with Gasteiger partial charge in [0, 0.05) is 17.4 Å². The van der Waals surface area contributed by atoms with E-state index in [0.717, 1.165) is 25.0 Å². The molecule has 17 heavy (non-hydrogen) atoms. The van der Waals surface area contributed by atoms with Crippen LogP contribution in [-0.4, -0.2) is 34.5 Å². The van der Waals surface area contributed by atoms with Gasteiger partial charge in [0.1, 0.15) is 11.4 Å². The number of unbranched alkanes of at least 4 members (excludes halogenated alkanes) is 1. The van der Waals surface area contributed by atoms with Crippen LogP contribution >= 0.6 is 11.8 Å². The molecule has 1 unspecified atom stereocenters. The number of carbonyl (C=O) groups is 2. The summed E-state index contributed by atoms with van der Waals surface area (Å²) in [7, 11) is 0. The van der Waals surface area contributed by atoms with Gasteiger partial charge in [-0.1, -0.05) is 6.42 Å². The predicted octanol–water partition coefficient (Wildman–Crippen LogP) is 0.588. The summed E-state index contributed by atoms with van der Waals surface area (Å²) in [4.78, 5) is 22.1. The number of amides is 2. The lowest BCUT2D eigenvalue weighted by Gasteiger charge is -2.23. The van der Waals surface area contributed by atoms with Crippen molar-refractivity contribution >= 4 is 23.6 Å². The highest BCUT2D eigenvalue weighted by molar-refractivity contribution is 8.00. The number of nitrogens with two attached hydrogens (primary N) is 1. The lowest BCUT2D eigenvalue weighted by molar-refractivity contribution is -0.117. The van der Waals surface area contributed by atoms with E-state index in [1.54, 1.807) is 18.7 Å². The molecule has 6 heteroatoms. The summed E-state index contributed by atoms with van der Waals surface area (Å²) in [6.45, 7) is 1.62. The van der Waals surface area contributed by atoms with E-state index in [1.807, 2.05) is 0 Å². The third-order valence-electron chi connectivity index (χ3n) is 3.36. The van der Waals surface area contributed by atoms with Crippen molar-refractivity contribution in [1.29, 1.82) is 0 Å². The van der Waals surface area contributed by atoms with Crippen LogP contribution in [0.15, 0.2) is 0 Å². The maximum Gasteiger partial charge on any atom is 0.316 e. The SMILES string of the molecule is CC(=O)CCCC[C@@H]1SC[C@]2(N)NC(=O)NC12. The van der Waals surface area contributed by atoms with E-state index in [1.165, 1.54) is 0 Å². The fraction of sp³-hybridized carbons (Fsp3) is 0.818. The number of ketones is 1. The highest BCUT2D eigenvalue weighted by Crippen LogP contribution is 2.37. The second-order valence-electron chi connectivity index (χ2n) is 4.91. The molecule has 2 aliphatic rings. The number of urea groups is 1. The van der Waals surface area contributed by atoms with E-state index in [2.05, 4.69) is 10.6 Å². The number of rotatable bonds is 5. The molecule has 0 radical (unpaired) electrons. The Morgan fingerprint density at radius 2 is 2.35 bits per heavy atom. The summed E-state index contributed by atoms with van der Waals surface area (Å²) in [6.07, 6.45) is 3.60. The van der Waals surface area contributed by atoms with Crippen molar-refractivity contribution in [2.75, 3.05) is 5.75 Å². The Labute approximate surface area is 105 Å². The van der Waals surface area contributed by atoms with Crippen LogP contribution in [0.3, 0.4) is 0 Å². The van der Waals surface area contributed by atoms with E-state index in [9.17, 15) is 9.59 Å². The lowest BCUT2D eigenvalue weighted by atomic mass is 9.98. The molecular formula is C11H19N3O2S. The maximum absolute atomic E-state index is 11.3. The fourth-order valence-corrected chi connectivity index (χ4v) is 4.03. The van der Waals surface area contributed by atoms with Crippen LogP contribution in [0.5, 0.6) is 0 Å². The van der Waals surface area contributed by atoms with Crippen LogP contribution in [0.1, 0.15) is 32.6 Å². The average molecular weight is 257 g/mol. The third kappa shape index (κ3) is 2.74. The zero-order chi connectivity index (χ0) is 12.5. The first-order chi connectivity index (χ1) is 8.01. The summed E-state index contributed by atoms with van der Waals surface area (Å²) in [5, 5.41) is 6.04. The summed E-state index contributed by atoms with van der Waals surface area (Å²) in [5.41, 5.74) is 5.55. The second kappa shape index (κ2) is 4.86. The van der Waals surface area contributed by atoms with Crippen LogP contribution in [0.4, 0.5) is 4.79 Å². The minimum absolute atomic E-state index is 0.0253. The lowest BCUT2D eigenvalue weighted by Crippen LogP contribution is -2.58. The van der Waals surface area contributed by atoms with Crippen LogP contribution in [-0.2, 0) is 4.79 Å². The molecule has 0 aromatic carbocycles. The monoisotopic (exact) mass is 257 g/mol. The predicted molar refractivity (Wildman–Crippen MR) is 67.8 cm³/mol. The fourth-order valence-electron chi connectivity index (χ4n) is 2.46. The smallest absolute Gasteiger partial charge is 0.316 e. The van der Waals surface area contributed by atoms with Crippen LogP contribution in [0.2, 0.25) is 0 Å². The van der Waals surface area contributed by atoms with E-state index >= 15 is 0 Å². The molecule has 5 nitrogen and oxygen atoms in total. The number of carbonyl (C=O) groups excluding carboxylic acids is 2. The van der Waals surface area contributed by atoms with Crippen LogP contribution < -0.4 is 16.4 Å². The first kappa shape index (κ1) is 12.7. The number of hydrogen-bond acceptors (Lipinski definition) is 4. The van der Waals surface area contributed by atoms with E-state index < -0.39 is 5.66 Å². The molecule has 0 spiro atoms. The third-order valence-corrected chi connectivity index (χ3v) is 4.94. The first-order valence-electron chi connectivity index (χ1n) is 6.00. The topological polar surface area (TPSA) is 84.2 Å². The molecule has 2 amide bonds. The van der Waals surface area contributed by atoms with Gasteiger partial charge in [-0.3, -0.25) is 0 Å². The standard InChI is InChI=1S/C11H19N3O2S/c1-7(15)4-2-3-5-8-9-11(12,6-17-8)14-10(16)13-9/h8-9H,2-6,12H2,1H3,(H2,13,14,16)/t8-,9?,11-/m0/s1. The van der Waals surface area contributed by atoms with Crippen molar-refractivity contribution in [3.63, 3.8) is 0 Å². The minimum atomic E-state index is -0.576. The molecule has 2 aliphatic heterocycles. The molecule has 2 heterocycles. The molecule has 0 aliphatic carbocycles. The molecule has 4 N–H and O–H groups in total. The van der Waals surface area contributed by atoms with Gasteiger partial charge in [-0.2, -0.15) is 11.8 Å². The van der Waals surface area contributed by atoms with Crippen molar-refractivity contribution in [3.8, 4) is 0 Å². The highest BCUT2D eigenvalue weighted by atomic mass is 32.2. The number of nitrogens with one attached hydrogen (secondary N) is 2. The molecular weight excluding hydrogens is 238 g/mol. The molecule has 96 valence electrons. The van der Waals surface area contributed by atoms with Gasteiger partial charge in [-0.15, -0.1) is 0 Å². The number of fused-ring (bicyclic) bond motifs is 1. The number of thioether (sulfide) groups is 1. The van der Waals surface area contributed by atoms with Gasteiger partial charge in [-0.05, 0) is 19.8 Å². The largest absolute Gasteiger partial charge is 0.330 e. The van der Waals surface area contributed by atoms with Crippen molar-refractivity contribution < 1.29 is 9.59 Å². The van der Waals surface area contributed by atoms with Gasteiger partial charge < -0.3 is 21.2 Å². The Morgan fingerprint density at radius 3 is 3.06 bits per heavy atom. The van der Waals surface area contributed by atoms with E-state index in [-0.39, 0.29) is 17.9 Å². The molecule has 2 rings (SSSR count). The number of hydrogen-bond donors (Lipinski definition) is 3. The Morgan fingerprint density at radius 1 is 1.59 bits per heavy atom. The average Bonchev–Trinajstić information content (AvgIpc) is 2.66. The van der Waals surface area contributed by atoms with Crippen molar-refractivity contribution in [2.45, 2.75) is 49.6 Å². The Hall–Kier alpha value is -0.750. The zero-order valence-electron chi connectivity index (χ0n) is 9.99. The highest BCUT2D eigenvalue weighted by Gasteiger charge is 2.52. The molecule has 0 bridgehead atoms. The number of Topliss-reactive ketones (excluding diaryl/α,β-unsaturated/α-hetero) is 1. The molecule has 3 atom stereocenters. The summed E-state index contributed by atoms with van der Waals surface area (Å²) >= 11 is 1.81. The Bertz CT molecular complexity index is 337. The van der Waals surface area contributed by atoms with Crippen molar-refractivity contribution in [2.24, 2.45) is 5.73 Å². The Balaban J connectivity index is 1.79.